The van der Waals surface area contributed by atoms with E-state index >= 15 is 0 Å². The molecule has 0 radical (unpaired) electrons. The lowest BCUT2D eigenvalue weighted by molar-refractivity contribution is 0.102. The Morgan fingerprint density at radius 1 is 1.18 bits per heavy atom. The summed E-state index contributed by atoms with van der Waals surface area (Å²) >= 11 is 1.63. The van der Waals surface area contributed by atoms with Crippen LogP contribution in [0, 0.1) is 0 Å². The van der Waals surface area contributed by atoms with Crippen LogP contribution in [-0.2, 0) is 11.0 Å². The highest BCUT2D eigenvalue weighted by atomic mass is 32.1. The molecule has 3 aromatic rings. The van der Waals surface area contributed by atoms with Crippen molar-refractivity contribution >= 4 is 36.6 Å². The van der Waals surface area contributed by atoms with Gasteiger partial charge in [0.1, 0.15) is 0 Å². The number of carbonyl (C=O) groups is 1. The summed E-state index contributed by atoms with van der Waals surface area (Å²) in [4.78, 5) is 23.2. The van der Waals surface area contributed by atoms with E-state index in [0.29, 0.717) is 23.4 Å². The van der Waals surface area contributed by atoms with Gasteiger partial charge in [0.15, 0.2) is 8.03 Å². The summed E-state index contributed by atoms with van der Waals surface area (Å²) in [5.41, 5.74) is 9.62. The highest BCUT2D eigenvalue weighted by molar-refractivity contribution is 7.40. The van der Waals surface area contributed by atoms with Gasteiger partial charge >= 0.3 is 0 Å². The van der Waals surface area contributed by atoms with Crippen molar-refractivity contribution in [3.8, 4) is 10.4 Å². The van der Waals surface area contributed by atoms with E-state index in [4.69, 9.17) is 5.73 Å². The largest absolute Gasteiger partial charge is 0.397 e. The summed E-state index contributed by atoms with van der Waals surface area (Å²) in [6.07, 6.45) is 2.17. The topological polar surface area (TPSA) is 92.4 Å². The van der Waals surface area contributed by atoms with Gasteiger partial charge in [-0.15, -0.1) is 11.3 Å². The SMILES string of the molecule is Nc1ccc(-c2cccs2)cc1NC(=O)c1ccc(CC2([PH](=O)O)CC2)cc1. The fourth-order valence-corrected chi connectivity index (χ4v) is 4.87. The molecule has 1 heterocycles. The lowest BCUT2D eigenvalue weighted by atomic mass is 10.1. The first-order valence-corrected chi connectivity index (χ1v) is 11.3. The summed E-state index contributed by atoms with van der Waals surface area (Å²) < 4.78 is 11.5. The molecule has 5 nitrogen and oxygen atoms in total. The lowest BCUT2D eigenvalue weighted by Gasteiger charge is -2.12. The average molecular weight is 412 g/mol. The van der Waals surface area contributed by atoms with Crippen molar-refractivity contribution in [3.63, 3.8) is 0 Å². The number of anilines is 2. The van der Waals surface area contributed by atoms with Gasteiger partial charge in [0.25, 0.3) is 5.91 Å². The summed E-state index contributed by atoms with van der Waals surface area (Å²) in [5, 5.41) is 4.46. The van der Waals surface area contributed by atoms with Gasteiger partial charge in [0, 0.05) is 15.6 Å². The second-order valence-electron chi connectivity index (χ2n) is 7.19. The van der Waals surface area contributed by atoms with Crippen molar-refractivity contribution in [2.24, 2.45) is 0 Å². The average Bonchev–Trinajstić information content (AvgIpc) is 3.26. The quantitative estimate of drug-likeness (QED) is 0.401. The van der Waals surface area contributed by atoms with Crippen LogP contribution >= 0.6 is 19.4 Å². The predicted octanol–water partition coefficient (Wildman–Crippen LogP) is 4.79. The minimum absolute atomic E-state index is 0.238. The van der Waals surface area contributed by atoms with Gasteiger partial charge in [0.2, 0.25) is 0 Å². The molecule has 4 N–H and O–H groups in total. The number of rotatable bonds is 6. The molecule has 1 saturated carbocycles. The highest BCUT2D eigenvalue weighted by Crippen LogP contribution is 2.56. The highest BCUT2D eigenvalue weighted by Gasteiger charge is 2.47. The van der Waals surface area contributed by atoms with E-state index in [0.717, 1.165) is 28.8 Å². The number of thiophene rings is 1. The molecular formula is C21H21N2O3PS. The van der Waals surface area contributed by atoms with Gasteiger partial charge in [0.05, 0.1) is 11.4 Å². The van der Waals surface area contributed by atoms with Crippen LogP contribution in [-0.4, -0.2) is 16.0 Å². The maximum atomic E-state index is 12.6. The number of hydrogen-bond donors (Lipinski definition) is 3. The van der Waals surface area contributed by atoms with Crippen LogP contribution in [0.3, 0.4) is 0 Å². The summed E-state index contributed by atoms with van der Waals surface area (Å²) in [6, 6.07) is 16.8. The Labute approximate surface area is 168 Å². The lowest BCUT2D eigenvalue weighted by Crippen LogP contribution is -2.13. The van der Waals surface area contributed by atoms with Crippen LogP contribution in [0.5, 0.6) is 0 Å². The summed E-state index contributed by atoms with van der Waals surface area (Å²) in [7, 11) is -2.53. The first-order valence-electron chi connectivity index (χ1n) is 9.04. The van der Waals surface area contributed by atoms with Crippen molar-refractivity contribution < 1.29 is 14.3 Å². The Morgan fingerprint density at radius 2 is 1.93 bits per heavy atom. The van der Waals surface area contributed by atoms with Crippen LogP contribution in [0.15, 0.2) is 60.0 Å². The number of benzene rings is 2. The van der Waals surface area contributed by atoms with Gasteiger partial charge in [-0.1, -0.05) is 24.3 Å². The molecule has 4 rings (SSSR count). The molecule has 0 bridgehead atoms. The van der Waals surface area contributed by atoms with E-state index in [1.54, 1.807) is 29.5 Å². The van der Waals surface area contributed by atoms with Gasteiger partial charge in [-0.05, 0) is 66.1 Å². The molecule has 1 unspecified atom stereocenters. The van der Waals surface area contributed by atoms with Crippen LogP contribution in [0.4, 0.5) is 11.4 Å². The van der Waals surface area contributed by atoms with Crippen molar-refractivity contribution in [1.82, 2.24) is 0 Å². The van der Waals surface area contributed by atoms with Crippen LogP contribution in [0.1, 0.15) is 28.8 Å². The standard InChI is InChI=1S/C21H21N2O3PS/c22-17-8-7-16(19-2-1-11-28-19)12-18(17)23-20(24)15-5-3-14(4-6-15)13-21(9-10-21)27(25)26/h1-8,11-12,27H,9-10,13,22H2,(H,23,24)(H,25,26). The summed E-state index contributed by atoms with van der Waals surface area (Å²) in [6.45, 7) is 0. The van der Waals surface area contributed by atoms with Gasteiger partial charge < -0.3 is 15.9 Å². The molecule has 0 saturated heterocycles. The molecule has 1 amide bonds. The zero-order valence-electron chi connectivity index (χ0n) is 15.1. The van der Waals surface area contributed by atoms with Crippen molar-refractivity contribution in [1.29, 1.82) is 0 Å². The van der Waals surface area contributed by atoms with E-state index < -0.39 is 13.2 Å². The number of nitrogens with one attached hydrogen (secondary N) is 1. The third-order valence-electron chi connectivity index (χ3n) is 5.17. The molecule has 1 aliphatic rings. The van der Waals surface area contributed by atoms with Crippen LogP contribution < -0.4 is 11.1 Å². The molecule has 7 heteroatoms. The first kappa shape index (κ1) is 18.9. The van der Waals surface area contributed by atoms with E-state index in [-0.39, 0.29) is 5.91 Å². The van der Waals surface area contributed by atoms with Gasteiger partial charge in [-0.25, -0.2) is 0 Å². The number of nitrogens with two attached hydrogens (primary N) is 1. The zero-order chi connectivity index (χ0) is 19.7. The molecule has 144 valence electrons. The molecule has 2 aromatic carbocycles. The molecule has 0 spiro atoms. The Bertz CT molecular complexity index is 1030. The Hall–Kier alpha value is -2.40. The van der Waals surface area contributed by atoms with Crippen molar-refractivity contribution in [2.45, 2.75) is 24.4 Å². The summed E-state index contributed by atoms with van der Waals surface area (Å²) in [5.74, 6) is -0.238. The van der Waals surface area contributed by atoms with Gasteiger partial charge in [-0.3, -0.25) is 9.36 Å². The van der Waals surface area contributed by atoms with E-state index in [9.17, 15) is 14.3 Å². The zero-order valence-corrected chi connectivity index (χ0v) is 17.0. The maximum absolute atomic E-state index is 12.6. The normalized spacial score (nSPS) is 15.8. The number of amides is 1. The molecular weight excluding hydrogens is 391 g/mol. The Balaban J connectivity index is 1.48. The first-order chi connectivity index (χ1) is 13.5. The van der Waals surface area contributed by atoms with Crippen molar-refractivity contribution in [2.75, 3.05) is 11.1 Å². The van der Waals surface area contributed by atoms with E-state index in [1.807, 2.05) is 41.8 Å². The molecule has 1 atom stereocenters. The fraction of sp³-hybridized carbons (Fsp3) is 0.190. The van der Waals surface area contributed by atoms with Crippen LogP contribution in [0.25, 0.3) is 10.4 Å². The smallest absolute Gasteiger partial charge is 0.255 e. The Morgan fingerprint density at radius 3 is 2.54 bits per heavy atom. The van der Waals surface area contributed by atoms with E-state index in [2.05, 4.69) is 5.32 Å². The molecule has 28 heavy (non-hydrogen) atoms. The third kappa shape index (κ3) is 3.90. The third-order valence-corrected chi connectivity index (χ3v) is 7.68. The molecule has 0 aliphatic heterocycles. The van der Waals surface area contributed by atoms with E-state index in [1.165, 1.54) is 0 Å². The minimum atomic E-state index is -2.53. The molecule has 1 fully saturated rings. The number of nitrogen functional groups attached to an aromatic ring is 1. The maximum Gasteiger partial charge on any atom is 0.255 e. The molecule has 1 aromatic heterocycles. The van der Waals surface area contributed by atoms with Crippen LogP contribution in [0.2, 0.25) is 0 Å². The second-order valence-corrected chi connectivity index (χ2v) is 9.81. The van der Waals surface area contributed by atoms with Gasteiger partial charge in [-0.2, -0.15) is 0 Å². The fourth-order valence-electron chi connectivity index (χ4n) is 3.24. The number of hydrogen-bond acceptors (Lipinski definition) is 4. The Kier molecular flexibility index (Phi) is 5.11. The monoisotopic (exact) mass is 412 g/mol. The minimum Gasteiger partial charge on any atom is -0.397 e. The number of carbonyl (C=O) groups excluding carboxylic acids is 1. The second kappa shape index (κ2) is 7.55. The predicted molar refractivity (Wildman–Crippen MR) is 115 cm³/mol. The van der Waals surface area contributed by atoms with Crippen molar-refractivity contribution in [3.05, 3.63) is 71.1 Å². The molecule has 1 aliphatic carbocycles.